The van der Waals surface area contributed by atoms with Crippen molar-refractivity contribution in [2.45, 2.75) is 19.5 Å². The number of rotatable bonds is 4. The van der Waals surface area contributed by atoms with Crippen molar-refractivity contribution in [1.82, 2.24) is 15.3 Å². The molecule has 2 aromatic rings. The number of hydrogen-bond acceptors (Lipinski definition) is 5. The second kappa shape index (κ2) is 5.44. The van der Waals surface area contributed by atoms with E-state index < -0.39 is 0 Å². The van der Waals surface area contributed by atoms with Gasteiger partial charge in [-0.25, -0.2) is 9.97 Å². The zero-order valence-corrected chi connectivity index (χ0v) is 10.9. The highest BCUT2D eigenvalue weighted by Crippen LogP contribution is 2.26. The van der Waals surface area contributed by atoms with E-state index in [-0.39, 0.29) is 6.04 Å². The highest BCUT2D eigenvalue weighted by Gasteiger charge is 2.08. The summed E-state index contributed by atoms with van der Waals surface area (Å²) in [6.07, 6.45) is 1.66. The Morgan fingerprint density at radius 3 is 2.94 bits per heavy atom. The largest absolute Gasteiger partial charge is 0.384 e. The van der Waals surface area contributed by atoms with Crippen LogP contribution in [0.15, 0.2) is 24.4 Å². The molecule has 2 aromatic heterocycles. The van der Waals surface area contributed by atoms with Crippen LogP contribution in [0.2, 0.25) is 4.34 Å². The molecule has 0 aromatic carbocycles. The zero-order chi connectivity index (χ0) is 12.3. The van der Waals surface area contributed by atoms with Crippen LogP contribution in [-0.2, 0) is 6.54 Å². The quantitative estimate of drug-likeness (QED) is 0.895. The van der Waals surface area contributed by atoms with Gasteiger partial charge in [-0.15, -0.1) is 11.3 Å². The van der Waals surface area contributed by atoms with Gasteiger partial charge in [0.15, 0.2) is 0 Å². The third kappa shape index (κ3) is 3.39. The van der Waals surface area contributed by atoms with Crippen molar-refractivity contribution < 1.29 is 0 Å². The van der Waals surface area contributed by atoms with Gasteiger partial charge in [-0.05, 0) is 25.1 Å². The molecule has 0 aliphatic heterocycles. The van der Waals surface area contributed by atoms with Gasteiger partial charge in [-0.3, -0.25) is 0 Å². The Morgan fingerprint density at radius 1 is 1.47 bits per heavy atom. The average molecular weight is 269 g/mol. The van der Waals surface area contributed by atoms with Crippen LogP contribution < -0.4 is 11.1 Å². The molecule has 90 valence electrons. The molecule has 0 radical (unpaired) electrons. The van der Waals surface area contributed by atoms with Crippen LogP contribution in [0.1, 0.15) is 23.7 Å². The topological polar surface area (TPSA) is 63.8 Å². The van der Waals surface area contributed by atoms with Crippen molar-refractivity contribution in [3.63, 3.8) is 0 Å². The van der Waals surface area contributed by atoms with Gasteiger partial charge in [-0.2, -0.15) is 0 Å². The van der Waals surface area contributed by atoms with Gasteiger partial charge < -0.3 is 11.1 Å². The third-order valence-electron chi connectivity index (χ3n) is 2.31. The van der Waals surface area contributed by atoms with Gasteiger partial charge in [0.05, 0.1) is 10.9 Å². The molecule has 0 aliphatic carbocycles. The van der Waals surface area contributed by atoms with Crippen molar-refractivity contribution in [2.75, 3.05) is 5.73 Å². The van der Waals surface area contributed by atoms with E-state index in [4.69, 9.17) is 17.3 Å². The number of aromatic nitrogens is 2. The Morgan fingerprint density at radius 2 is 2.29 bits per heavy atom. The Kier molecular flexibility index (Phi) is 3.93. The molecule has 0 saturated heterocycles. The van der Waals surface area contributed by atoms with Crippen LogP contribution in [0.5, 0.6) is 0 Å². The van der Waals surface area contributed by atoms with E-state index >= 15 is 0 Å². The van der Waals surface area contributed by atoms with E-state index in [1.54, 1.807) is 23.6 Å². The van der Waals surface area contributed by atoms with Crippen molar-refractivity contribution in [1.29, 1.82) is 0 Å². The minimum Gasteiger partial charge on any atom is -0.384 e. The van der Waals surface area contributed by atoms with E-state index in [0.717, 1.165) is 4.34 Å². The second-order valence-corrected chi connectivity index (χ2v) is 5.39. The van der Waals surface area contributed by atoms with Crippen LogP contribution in [-0.4, -0.2) is 9.97 Å². The summed E-state index contributed by atoms with van der Waals surface area (Å²) in [7, 11) is 0. The Labute approximate surface area is 109 Å². The van der Waals surface area contributed by atoms with Gasteiger partial charge in [-0.1, -0.05) is 11.6 Å². The molecular weight excluding hydrogens is 256 g/mol. The molecule has 2 rings (SSSR count). The monoisotopic (exact) mass is 268 g/mol. The summed E-state index contributed by atoms with van der Waals surface area (Å²) in [6, 6.07) is 5.81. The minimum atomic E-state index is 0.220. The van der Waals surface area contributed by atoms with E-state index in [1.165, 1.54) is 4.88 Å². The van der Waals surface area contributed by atoms with Crippen molar-refractivity contribution >= 4 is 28.8 Å². The number of thiophene rings is 1. The highest BCUT2D eigenvalue weighted by atomic mass is 35.5. The summed E-state index contributed by atoms with van der Waals surface area (Å²) in [6.45, 7) is 2.66. The predicted octanol–water partition coefficient (Wildman–Crippen LogP) is 2.62. The molecule has 0 fully saturated rings. The second-order valence-electron chi connectivity index (χ2n) is 3.64. The van der Waals surface area contributed by atoms with E-state index in [1.807, 2.05) is 12.1 Å². The lowest BCUT2D eigenvalue weighted by Crippen LogP contribution is -2.19. The van der Waals surface area contributed by atoms with Gasteiger partial charge in [0.1, 0.15) is 11.6 Å². The number of nitrogens with two attached hydrogens (primary N) is 1. The maximum atomic E-state index is 5.89. The smallest absolute Gasteiger partial charge is 0.144 e. The molecule has 0 spiro atoms. The molecule has 0 amide bonds. The third-order valence-corrected chi connectivity index (χ3v) is 3.73. The van der Waals surface area contributed by atoms with Crippen molar-refractivity contribution in [3.05, 3.63) is 39.4 Å². The Bertz CT molecular complexity index is 500. The van der Waals surface area contributed by atoms with Gasteiger partial charge in [0, 0.05) is 17.1 Å². The number of hydrogen-bond donors (Lipinski definition) is 2. The van der Waals surface area contributed by atoms with E-state index in [0.29, 0.717) is 18.2 Å². The first-order chi connectivity index (χ1) is 8.15. The SMILES string of the molecule is C[C@H](NCc1nccc(N)n1)c1ccc(Cl)s1. The molecule has 1 atom stereocenters. The molecule has 0 aliphatic rings. The maximum absolute atomic E-state index is 5.89. The Balaban J connectivity index is 1.94. The molecule has 6 heteroatoms. The van der Waals surface area contributed by atoms with Gasteiger partial charge >= 0.3 is 0 Å². The standard InChI is InChI=1S/C11H13ClN4S/c1-7(8-2-3-9(12)17-8)15-6-11-14-5-4-10(13)16-11/h2-5,7,15H,6H2,1H3,(H2,13,14,16)/t7-/m0/s1. The molecule has 0 bridgehead atoms. The molecule has 0 saturated carbocycles. The lowest BCUT2D eigenvalue weighted by atomic mass is 10.3. The highest BCUT2D eigenvalue weighted by molar-refractivity contribution is 7.16. The number of anilines is 1. The Hall–Kier alpha value is -1.17. The maximum Gasteiger partial charge on any atom is 0.144 e. The fourth-order valence-electron chi connectivity index (χ4n) is 1.41. The first kappa shape index (κ1) is 12.3. The summed E-state index contributed by atoms with van der Waals surface area (Å²) < 4.78 is 0.800. The normalized spacial score (nSPS) is 12.6. The molecule has 0 unspecified atom stereocenters. The van der Waals surface area contributed by atoms with E-state index in [2.05, 4.69) is 22.2 Å². The fourth-order valence-corrected chi connectivity index (χ4v) is 2.49. The molecule has 17 heavy (non-hydrogen) atoms. The molecule has 3 N–H and O–H groups in total. The first-order valence-corrected chi connectivity index (χ1v) is 6.40. The summed E-state index contributed by atoms with van der Waals surface area (Å²) in [5.41, 5.74) is 5.59. The molecular formula is C11H13ClN4S. The number of nitrogens with one attached hydrogen (secondary N) is 1. The molecule has 2 heterocycles. The number of nitrogens with zero attached hydrogens (tertiary/aromatic N) is 2. The summed E-state index contributed by atoms with van der Waals surface area (Å²) in [4.78, 5) is 9.45. The zero-order valence-electron chi connectivity index (χ0n) is 9.35. The van der Waals surface area contributed by atoms with Crippen LogP contribution in [0, 0.1) is 0 Å². The van der Waals surface area contributed by atoms with E-state index in [9.17, 15) is 0 Å². The predicted molar refractivity (Wildman–Crippen MR) is 71.0 cm³/mol. The molecule has 4 nitrogen and oxygen atoms in total. The van der Waals surface area contributed by atoms with Crippen LogP contribution in [0.4, 0.5) is 5.82 Å². The number of nitrogen functional groups attached to an aromatic ring is 1. The van der Waals surface area contributed by atoms with Crippen LogP contribution in [0.3, 0.4) is 0 Å². The van der Waals surface area contributed by atoms with Gasteiger partial charge in [0.25, 0.3) is 0 Å². The number of halogens is 1. The van der Waals surface area contributed by atoms with Crippen LogP contribution >= 0.6 is 22.9 Å². The van der Waals surface area contributed by atoms with Gasteiger partial charge in [0.2, 0.25) is 0 Å². The summed E-state index contributed by atoms with van der Waals surface area (Å²) in [5, 5.41) is 3.33. The minimum absolute atomic E-state index is 0.220. The summed E-state index contributed by atoms with van der Waals surface area (Å²) in [5.74, 6) is 1.18. The lowest BCUT2D eigenvalue weighted by molar-refractivity contribution is 0.567. The lowest BCUT2D eigenvalue weighted by Gasteiger charge is -2.11. The van der Waals surface area contributed by atoms with Crippen molar-refractivity contribution in [3.8, 4) is 0 Å². The average Bonchev–Trinajstić information content (AvgIpc) is 2.73. The summed E-state index contributed by atoms with van der Waals surface area (Å²) >= 11 is 7.46. The van der Waals surface area contributed by atoms with Crippen LogP contribution in [0.25, 0.3) is 0 Å². The van der Waals surface area contributed by atoms with Crippen molar-refractivity contribution in [2.24, 2.45) is 0 Å². The first-order valence-electron chi connectivity index (χ1n) is 5.21. The fraction of sp³-hybridized carbons (Fsp3) is 0.273.